The molecule has 0 aromatic heterocycles. The Balaban J connectivity index is 3.80. The minimum Gasteiger partial charge on any atom is -0.346 e. The van der Waals surface area contributed by atoms with Gasteiger partial charge in [0.05, 0.1) is 5.25 Å². The zero-order valence-corrected chi connectivity index (χ0v) is 9.84. The van der Waals surface area contributed by atoms with Crippen molar-refractivity contribution in [2.75, 3.05) is 12.3 Å². The van der Waals surface area contributed by atoms with Crippen LogP contribution in [0.15, 0.2) is 0 Å². The minimum atomic E-state index is -4.34. The molecule has 0 aromatic carbocycles. The lowest BCUT2D eigenvalue weighted by Gasteiger charge is -2.14. The van der Waals surface area contributed by atoms with Gasteiger partial charge in [0.25, 0.3) is 0 Å². The summed E-state index contributed by atoms with van der Waals surface area (Å²) in [5, 5.41) is 1.43. The molecule has 0 saturated heterocycles. The number of thioether (sulfide) groups is 1. The molecule has 1 unspecified atom stereocenters. The van der Waals surface area contributed by atoms with Gasteiger partial charge in [0.2, 0.25) is 5.91 Å². The molecule has 1 amide bonds. The van der Waals surface area contributed by atoms with Crippen molar-refractivity contribution < 1.29 is 18.0 Å². The maximum atomic E-state index is 11.8. The van der Waals surface area contributed by atoms with Gasteiger partial charge in [0.1, 0.15) is 6.54 Å². The van der Waals surface area contributed by atoms with Gasteiger partial charge < -0.3 is 5.32 Å². The van der Waals surface area contributed by atoms with Crippen LogP contribution in [-0.2, 0) is 4.79 Å². The van der Waals surface area contributed by atoms with Gasteiger partial charge in [-0.2, -0.15) is 13.2 Å². The van der Waals surface area contributed by atoms with Crippen molar-refractivity contribution in [3.05, 3.63) is 0 Å². The molecule has 0 aliphatic rings. The lowest BCUT2D eigenvalue weighted by Crippen LogP contribution is -2.38. The van der Waals surface area contributed by atoms with Crippen molar-refractivity contribution in [1.82, 2.24) is 5.32 Å². The second kappa shape index (κ2) is 6.25. The molecule has 0 rings (SSSR count). The molecule has 1 N–H and O–H groups in total. The van der Waals surface area contributed by atoms with E-state index in [4.69, 9.17) is 0 Å². The molecule has 0 aliphatic carbocycles. The summed E-state index contributed by atoms with van der Waals surface area (Å²) in [5.74, 6) is 0.631. The molecule has 6 heteroatoms. The van der Waals surface area contributed by atoms with Crippen molar-refractivity contribution in [3.63, 3.8) is 0 Å². The Bertz CT molecular complexity index is 206. The predicted octanol–water partition coefficient (Wildman–Crippen LogP) is 2.44. The lowest BCUT2D eigenvalue weighted by molar-refractivity contribution is -0.137. The van der Waals surface area contributed by atoms with E-state index in [-0.39, 0.29) is 0 Å². The fourth-order valence-corrected chi connectivity index (χ4v) is 1.65. The summed E-state index contributed by atoms with van der Waals surface area (Å²) in [6.07, 6.45) is -4.34. The third-order valence-electron chi connectivity index (χ3n) is 1.51. The highest BCUT2D eigenvalue weighted by atomic mass is 32.2. The van der Waals surface area contributed by atoms with Crippen LogP contribution in [0, 0.1) is 5.92 Å². The number of hydrogen-bond acceptors (Lipinski definition) is 2. The van der Waals surface area contributed by atoms with Crippen molar-refractivity contribution in [3.8, 4) is 0 Å². The molecular formula is C9H16F3NOS. The van der Waals surface area contributed by atoms with E-state index in [9.17, 15) is 18.0 Å². The number of nitrogens with one attached hydrogen (secondary N) is 1. The molecule has 0 heterocycles. The number of halogens is 3. The molecule has 0 fully saturated rings. The third-order valence-corrected chi connectivity index (χ3v) is 3.09. The number of alkyl halides is 3. The van der Waals surface area contributed by atoms with E-state index in [2.05, 4.69) is 0 Å². The summed E-state index contributed by atoms with van der Waals surface area (Å²) in [7, 11) is 0. The van der Waals surface area contributed by atoms with Crippen molar-refractivity contribution in [2.45, 2.75) is 32.2 Å². The average molecular weight is 243 g/mol. The Morgan fingerprint density at radius 2 is 1.87 bits per heavy atom. The number of amides is 1. The summed E-state index contributed by atoms with van der Waals surface area (Å²) in [6, 6.07) is 0. The van der Waals surface area contributed by atoms with E-state index in [1.807, 2.05) is 19.2 Å². The zero-order chi connectivity index (χ0) is 12.1. The van der Waals surface area contributed by atoms with Crippen molar-refractivity contribution in [2.24, 2.45) is 5.92 Å². The number of carbonyl (C=O) groups excluding carboxylic acids is 1. The third kappa shape index (κ3) is 8.59. The molecule has 0 spiro atoms. The van der Waals surface area contributed by atoms with Crippen LogP contribution in [0.4, 0.5) is 13.2 Å². The van der Waals surface area contributed by atoms with Crippen LogP contribution in [0.1, 0.15) is 20.8 Å². The molecule has 1 atom stereocenters. The van der Waals surface area contributed by atoms with Crippen molar-refractivity contribution in [1.29, 1.82) is 0 Å². The summed E-state index contributed by atoms with van der Waals surface area (Å²) in [6.45, 7) is 4.35. The van der Waals surface area contributed by atoms with Crippen LogP contribution >= 0.6 is 11.8 Å². The maximum absolute atomic E-state index is 11.8. The van der Waals surface area contributed by atoms with Crippen LogP contribution in [0.2, 0.25) is 0 Å². The van der Waals surface area contributed by atoms with E-state index in [0.29, 0.717) is 5.92 Å². The first-order chi connectivity index (χ1) is 6.72. The standard InChI is InChI=1S/C9H16F3NOS/c1-6(2)4-15-7(3)8(14)13-5-9(10,11)12/h6-7H,4-5H2,1-3H3,(H,13,14). The SMILES string of the molecule is CC(C)CSC(C)C(=O)NCC(F)(F)F. The zero-order valence-electron chi connectivity index (χ0n) is 9.02. The number of carbonyl (C=O) groups is 1. The summed E-state index contributed by atoms with van der Waals surface area (Å²) < 4.78 is 35.3. The van der Waals surface area contributed by atoms with Gasteiger partial charge >= 0.3 is 6.18 Å². The van der Waals surface area contributed by atoms with E-state index in [0.717, 1.165) is 5.75 Å². The van der Waals surface area contributed by atoms with Crippen LogP contribution in [0.5, 0.6) is 0 Å². The van der Waals surface area contributed by atoms with Crippen LogP contribution < -0.4 is 5.32 Å². The van der Waals surface area contributed by atoms with Gasteiger partial charge in [-0.15, -0.1) is 11.8 Å². The molecule has 0 aliphatic heterocycles. The first-order valence-corrected chi connectivity index (χ1v) is 5.73. The van der Waals surface area contributed by atoms with Gasteiger partial charge in [0, 0.05) is 0 Å². The maximum Gasteiger partial charge on any atom is 0.405 e. The Hall–Kier alpha value is -0.390. The fourth-order valence-electron chi connectivity index (χ4n) is 0.744. The Morgan fingerprint density at radius 3 is 2.27 bits per heavy atom. The number of rotatable bonds is 5. The minimum absolute atomic E-state index is 0.424. The highest BCUT2D eigenvalue weighted by Crippen LogP contribution is 2.16. The van der Waals surface area contributed by atoms with Gasteiger partial charge in [-0.3, -0.25) is 4.79 Å². The second-order valence-corrected chi connectivity index (χ2v) is 5.08. The fraction of sp³-hybridized carbons (Fsp3) is 0.889. The first-order valence-electron chi connectivity index (χ1n) is 4.68. The highest BCUT2D eigenvalue weighted by Gasteiger charge is 2.28. The molecule has 2 nitrogen and oxygen atoms in total. The Kier molecular flexibility index (Phi) is 6.09. The summed E-state index contributed by atoms with van der Waals surface area (Å²) >= 11 is 1.36. The smallest absolute Gasteiger partial charge is 0.346 e. The van der Waals surface area contributed by atoms with E-state index < -0.39 is 23.9 Å². The lowest BCUT2D eigenvalue weighted by atomic mass is 10.3. The summed E-state index contributed by atoms with van der Waals surface area (Å²) in [4.78, 5) is 11.2. The molecule has 90 valence electrons. The van der Waals surface area contributed by atoms with E-state index in [1.54, 1.807) is 6.92 Å². The molecule has 0 aromatic rings. The van der Waals surface area contributed by atoms with Gasteiger partial charge in [-0.1, -0.05) is 13.8 Å². The first kappa shape index (κ1) is 14.6. The quantitative estimate of drug-likeness (QED) is 0.803. The van der Waals surface area contributed by atoms with Crippen LogP contribution in [0.3, 0.4) is 0 Å². The molecular weight excluding hydrogens is 227 g/mol. The largest absolute Gasteiger partial charge is 0.405 e. The van der Waals surface area contributed by atoms with Crippen LogP contribution in [-0.4, -0.2) is 29.6 Å². The molecule has 0 saturated carbocycles. The Morgan fingerprint density at radius 1 is 1.33 bits per heavy atom. The predicted molar refractivity (Wildman–Crippen MR) is 55.8 cm³/mol. The van der Waals surface area contributed by atoms with E-state index >= 15 is 0 Å². The monoisotopic (exact) mass is 243 g/mol. The molecule has 15 heavy (non-hydrogen) atoms. The highest BCUT2D eigenvalue weighted by molar-refractivity contribution is 8.00. The van der Waals surface area contributed by atoms with Gasteiger partial charge in [-0.25, -0.2) is 0 Å². The second-order valence-electron chi connectivity index (χ2n) is 3.70. The summed E-state index contributed by atoms with van der Waals surface area (Å²) in [5.41, 5.74) is 0. The van der Waals surface area contributed by atoms with Crippen LogP contribution in [0.25, 0.3) is 0 Å². The topological polar surface area (TPSA) is 29.1 Å². The van der Waals surface area contributed by atoms with E-state index in [1.165, 1.54) is 11.8 Å². The van der Waals surface area contributed by atoms with Gasteiger partial charge in [-0.05, 0) is 18.6 Å². The molecule has 0 bridgehead atoms. The molecule has 0 radical (unpaired) electrons. The normalized spacial score (nSPS) is 14.1. The van der Waals surface area contributed by atoms with Gasteiger partial charge in [0.15, 0.2) is 0 Å². The van der Waals surface area contributed by atoms with Crippen molar-refractivity contribution >= 4 is 17.7 Å². The number of hydrogen-bond donors (Lipinski definition) is 1. The Labute approximate surface area is 92.0 Å². The average Bonchev–Trinajstić information content (AvgIpc) is 2.08.